The number of halogens is 2. The second-order valence-electron chi connectivity index (χ2n) is 3.98. The molecule has 0 saturated heterocycles. The quantitative estimate of drug-likeness (QED) is 0.855. The highest BCUT2D eigenvalue weighted by atomic mass is 35.5. The Hall–Kier alpha value is -1.02. The minimum absolute atomic E-state index is 0.517. The Morgan fingerprint density at radius 1 is 1.06 bits per heavy atom. The van der Waals surface area contributed by atoms with Gasteiger partial charge in [-0.3, -0.25) is 0 Å². The van der Waals surface area contributed by atoms with E-state index in [1.807, 2.05) is 31.2 Å². The lowest BCUT2D eigenvalue weighted by Gasteiger charge is -2.14. The van der Waals surface area contributed by atoms with Gasteiger partial charge in [-0.1, -0.05) is 53.0 Å². The van der Waals surface area contributed by atoms with Crippen LogP contribution < -0.4 is 0 Å². The van der Waals surface area contributed by atoms with Crippen LogP contribution in [0.1, 0.15) is 22.8 Å². The van der Waals surface area contributed by atoms with Gasteiger partial charge in [-0.05, 0) is 30.7 Å². The number of hydrogen-bond acceptors (Lipinski definition) is 1. The van der Waals surface area contributed by atoms with Crippen molar-refractivity contribution >= 4 is 23.2 Å². The molecule has 1 atom stereocenters. The third-order valence-electron chi connectivity index (χ3n) is 2.61. The number of aryl methyl sites for hydroxylation is 1. The van der Waals surface area contributed by atoms with Gasteiger partial charge in [-0.15, -0.1) is 0 Å². The molecule has 17 heavy (non-hydrogen) atoms. The van der Waals surface area contributed by atoms with Crippen molar-refractivity contribution in [1.82, 2.24) is 0 Å². The molecular weight excluding hydrogens is 255 g/mol. The molecule has 0 aliphatic rings. The summed E-state index contributed by atoms with van der Waals surface area (Å²) in [5, 5.41) is 11.4. The van der Waals surface area contributed by atoms with Crippen LogP contribution in [0.15, 0.2) is 42.5 Å². The van der Waals surface area contributed by atoms with Crippen LogP contribution in [-0.4, -0.2) is 5.11 Å². The van der Waals surface area contributed by atoms with Crippen LogP contribution >= 0.6 is 23.2 Å². The summed E-state index contributed by atoms with van der Waals surface area (Å²) in [5.74, 6) is 0. The fraction of sp³-hybridized carbons (Fsp3) is 0.143. The van der Waals surface area contributed by atoms with E-state index >= 15 is 0 Å². The molecule has 0 bridgehead atoms. The Morgan fingerprint density at radius 2 is 1.82 bits per heavy atom. The Balaban J connectivity index is 2.43. The largest absolute Gasteiger partial charge is 0.384 e. The third-order valence-corrected chi connectivity index (χ3v) is 3.19. The first-order valence-corrected chi connectivity index (χ1v) is 6.03. The van der Waals surface area contributed by atoms with E-state index in [1.54, 1.807) is 18.2 Å². The summed E-state index contributed by atoms with van der Waals surface area (Å²) in [5.41, 5.74) is 2.54. The summed E-state index contributed by atoms with van der Waals surface area (Å²) >= 11 is 12.0. The molecule has 2 aromatic rings. The molecule has 2 rings (SSSR count). The molecule has 0 amide bonds. The molecule has 0 aromatic heterocycles. The Bertz CT molecular complexity index is 537. The highest BCUT2D eigenvalue weighted by molar-refractivity contribution is 6.33. The summed E-state index contributed by atoms with van der Waals surface area (Å²) < 4.78 is 0. The average molecular weight is 267 g/mol. The molecule has 1 nitrogen and oxygen atoms in total. The van der Waals surface area contributed by atoms with Gasteiger partial charge in [0, 0.05) is 15.6 Å². The smallest absolute Gasteiger partial charge is 0.106 e. The lowest BCUT2D eigenvalue weighted by molar-refractivity contribution is 0.220. The van der Waals surface area contributed by atoms with Crippen molar-refractivity contribution in [2.75, 3.05) is 0 Å². The molecule has 3 heteroatoms. The standard InChI is InChI=1S/C14H12Cl2O/c1-9-3-2-4-10(7-9)14(17)12-8-11(15)5-6-13(12)16/h2-8,14,17H,1H3. The van der Waals surface area contributed by atoms with Crippen molar-refractivity contribution in [3.63, 3.8) is 0 Å². The van der Waals surface area contributed by atoms with E-state index in [4.69, 9.17) is 23.2 Å². The fourth-order valence-corrected chi connectivity index (χ4v) is 2.15. The van der Waals surface area contributed by atoms with E-state index in [9.17, 15) is 5.11 Å². The molecular formula is C14H12Cl2O. The third kappa shape index (κ3) is 2.81. The number of hydrogen-bond donors (Lipinski definition) is 1. The van der Waals surface area contributed by atoms with Crippen LogP contribution in [0.5, 0.6) is 0 Å². The van der Waals surface area contributed by atoms with Crippen LogP contribution in [0.4, 0.5) is 0 Å². The van der Waals surface area contributed by atoms with Crippen molar-refractivity contribution in [1.29, 1.82) is 0 Å². The molecule has 1 unspecified atom stereocenters. The molecule has 0 spiro atoms. The minimum Gasteiger partial charge on any atom is -0.384 e. The molecule has 88 valence electrons. The maximum Gasteiger partial charge on any atom is 0.106 e. The normalized spacial score (nSPS) is 12.5. The monoisotopic (exact) mass is 266 g/mol. The topological polar surface area (TPSA) is 20.2 Å². The number of aliphatic hydroxyl groups excluding tert-OH is 1. The van der Waals surface area contributed by atoms with Crippen LogP contribution in [0.2, 0.25) is 10.0 Å². The Morgan fingerprint density at radius 3 is 2.53 bits per heavy atom. The van der Waals surface area contributed by atoms with Crippen molar-refractivity contribution in [3.05, 3.63) is 69.2 Å². The van der Waals surface area contributed by atoms with Gasteiger partial charge in [0.05, 0.1) is 0 Å². The van der Waals surface area contributed by atoms with Crippen LogP contribution in [0, 0.1) is 6.92 Å². The molecule has 0 aliphatic carbocycles. The number of rotatable bonds is 2. The number of aliphatic hydroxyl groups is 1. The molecule has 0 heterocycles. The van der Waals surface area contributed by atoms with Gasteiger partial charge in [0.25, 0.3) is 0 Å². The second-order valence-corrected chi connectivity index (χ2v) is 4.83. The van der Waals surface area contributed by atoms with E-state index in [1.165, 1.54) is 0 Å². The van der Waals surface area contributed by atoms with Crippen LogP contribution in [-0.2, 0) is 0 Å². The highest BCUT2D eigenvalue weighted by Crippen LogP contribution is 2.30. The van der Waals surface area contributed by atoms with Crippen molar-refractivity contribution < 1.29 is 5.11 Å². The number of benzene rings is 2. The Kier molecular flexibility index (Phi) is 3.72. The molecule has 0 saturated carbocycles. The van der Waals surface area contributed by atoms with Crippen molar-refractivity contribution in [2.45, 2.75) is 13.0 Å². The van der Waals surface area contributed by atoms with Gasteiger partial charge in [0.1, 0.15) is 6.10 Å². The summed E-state index contributed by atoms with van der Waals surface area (Å²) in [4.78, 5) is 0. The predicted molar refractivity (Wildman–Crippen MR) is 71.7 cm³/mol. The van der Waals surface area contributed by atoms with Gasteiger partial charge in [0.2, 0.25) is 0 Å². The molecule has 2 aromatic carbocycles. The summed E-state index contributed by atoms with van der Waals surface area (Å²) in [6.07, 6.45) is -0.749. The van der Waals surface area contributed by atoms with Crippen LogP contribution in [0.25, 0.3) is 0 Å². The molecule has 1 N–H and O–H groups in total. The first-order chi connectivity index (χ1) is 8.08. The summed E-state index contributed by atoms with van der Waals surface area (Å²) in [6, 6.07) is 12.8. The van der Waals surface area contributed by atoms with E-state index in [-0.39, 0.29) is 0 Å². The van der Waals surface area contributed by atoms with Crippen molar-refractivity contribution in [3.8, 4) is 0 Å². The van der Waals surface area contributed by atoms with Gasteiger partial charge >= 0.3 is 0 Å². The first kappa shape index (κ1) is 12.4. The SMILES string of the molecule is Cc1cccc(C(O)c2cc(Cl)ccc2Cl)c1. The van der Waals surface area contributed by atoms with Crippen LogP contribution in [0.3, 0.4) is 0 Å². The fourth-order valence-electron chi connectivity index (χ4n) is 1.74. The zero-order chi connectivity index (χ0) is 12.4. The van der Waals surface area contributed by atoms with E-state index < -0.39 is 6.10 Å². The van der Waals surface area contributed by atoms with Gasteiger partial charge < -0.3 is 5.11 Å². The zero-order valence-electron chi connectivity index (χ0n) is 9.32. The van der Waals surface area contributed by atoms with Gasteiger partial charge in [-0.2, -0.15) is 0 Å². The summed E-state index contributed by atoms with van der Waals surface area (Å²) in [6.45, 7) is 1.98. The molecule has 0 fully saturated rings. The van der Waals surface area contributed by atoms with E-state index in [0.29, 0.717) is 15.6 Å². The average Bonchev–Trinajstić information content (AvgIpc) is 2.31. The van der Waals surface area contributed by atoms with Gasteiger partial charge in [-0.25, -0.2) is 0 Å². The first-order valence-electron chi connectivity index (χ1n) is 5.27. The maximum atomic E-state index is 10.3. The highest BCUT2D eigenvalue weighted by Gasteiger charge is 2.14. The summed E-state index contributed by atoms with van der Waals surface area (Å²) in [7, 11) is 0. The minimum atomic E-state index is -0.749. The molecule has 0 radical (unpaired) electrons. The lowest BCUT2D eigenvalue weighted by atomic mass is 10.00. The molecule has 0 aliphatic heterocycles. The van der Waals surface area contributed by atoms with E-state index in [0.717, 1.165) is 11.1 Å². The van der Waals surface area contributed by atoms with Gasteiger partial charge in [0.15, 0.2) is 0 Å². The van der Waals surface area contributed by atoms with Crippen molar-refractivity contribution in [2.24, 2.45) is 0 Å². The van der Waals surface area contributed by atoms with E-state index in [2.05, 4.69) is 0 Å². The lowest BCUT2D eigenvalue weighted by Crippen LogP contribution is -2.00. The maximum absolute atomic E-state index is 10.3. The Labute approximate surface area is 111 Å². The zero-order valence-corrected chi connectivity index (χ0v) is 10.8. The second kappa shape index (κ2) is 5.09. The predicted octanol–water partition coefficient (Wildman–Crippen LogP) is 4.38.